The van der Waals surface area contributed by atoms with Gasteiger partial charge >= 0.3 is 0 Å². The van der Waals surface area contributed by atoms with E-state index in [2.05, 4.69) is 21.6 Å². The van der Waals surface area contributed by atoms with Crippen molar-refractivity contribution in [1.82, 2.24) is 14.7 Å². The van der Waals surface area contributed by atoms with E-state index < -0.39 is 0 Å². The monoisotopic (exact) mass is 268 g/mol. The second-order valence-electron chi connectivity index (χ2n) is 4.36. The third-order valence-electron chi connectivity index (χ3n) is 3.14. The van der Waals surface area contributed by atoms with Gasteiger partial charge in [0, 0.05) is 25.2 Å². The highest BCUT2D eigenvalue weighted by Gasteiger charge is 2.19. The van der Waals surface area contributed by atoms with E-state index in [-0.39, 0.29) is 12.6 Å². The largest absolute Gasteiger partial charge is 0.394 e. The van der Waals surface area contributed by atoms with Gasteiger partial charge in [-0.2, -0.15) is 0 Å². The van der Waals surface area contributed by atoms with Gasteiger partial charge in [-0.3, -0.25) is 4.40 Å². The van der Waals surface area contributed by atoms with Gasteiger partial charge in [-0.05, 0) is 13.5 Å². The molecule has 0 aliphatic carbocycles. The van der Waals surface area contributed by atoms with Gasteiger partial charge in [0.25, 0.3) is 0 Å². The van der Waals surface area contributed by atoms with Crippen LogP contribution in [0.3, 0.4) is 0 Å². The number of aromatic nitrogens is 2. The molecule has 0 aliphatic heterocycles. The summed E-state index contributed by atoms with van der Waals surface area (Å²) in [7, 11) is 1.97. The van der Waals surface area contributed by atoms with Crippen molar-refractivity contribution >= 4 is 22.1 Å². The molecule has 5 nitrogen and oxygen atoms in total. The summed E-state index contributed by atoms with van der Waals surface area (Å²) >= 11 is 1.63. The zero-order valence-electron chi connectivity index (χ0n) is 11.1. The van der Waals surface area contributed by atoms with Crippen molar-refractivity contribution in [3.63, 3.8) is 0 Å². The lowest BCUT2D eigenvalue weighted by Gasteiger charge is -2.24. The maximum atomic E-state index is 9.27. The van der Waals surface area contributed by atoms with Gasteiger partial charge in [0.05, 0.1) is 18.3 Å². The molecule has 0 fully saturated rings. The van der Waals surface area contributed by atoms with Gasteiger partial charge in [-0.1, -0.05) is 6.92 Å². The molecule has 0 saturated heterocycles. The normalized spacial score (nSPS) is 13.1. The Hall–Kier alpha value is -1.11. The number of aliphatic hydroxyl groups excluding tert-OH is 1. The average molecular weight is 268 g/mol. The standard InChI is InChI=1S/C12H20N4OS/c1-4-13-7-10-11(15(3)9(2)8-17)14-12-16(10)5-6-18-12/h5-6,9,13,17H,4,7-8H2,1-3H3. The van der Waals surface area contributed by atoms with E-state index in [0.29, 0.717) is 0 Å². The summed E-state index contributed by atoms with van der Waals surface area (Å²) in [6.45, 7) is 5.92. The molecule has 0 aromatic carbocycles. The third-order valence-corrected chi connectivity index (χ3v) is 3.90. The molecule has 6 heteroatoms. The molecule has 0 radical (unpaired) electrons. The van der Waals surface area contributed by atoms with Gasteiger partial charge in [-0.25, -0.2) is 4.98 Å². The van der Waals surface area contributed by atoms with Crippen LogP contribution in [0, 0.1) is 0 Å². The van der Waals surface area contributed by atoms with E-state index in [0.717, 1.165) is 29.6 Å². The summed E-state index contributed by atoms with van der Waals surface area (Å²) in [5.74, 6) is 0.948. The summed E-state index contributed by atoms with van der Waals surface area (Å²) in [5, 5.41) is 14.6. The van der Waals surface area contributed by atoms with Crippen LogP contribution in [-0.4, -0.2) is 40.7 Å². The number of likely N-dealkylation sites (N-methyl/N-ethyl adjacent to an activating group) is 1. The first-order valence-corrected chi connectivity index (χ1v) is 7.05. The minimum absolute atomic E-state index is 0.0648. The Morgan fingerprint density at radius 1 is 1.61 bits per heavy atom. The lowest BCUT2D eigenvalue weighted by molar-refractivity contribution is 0.269. The van der Waals surface area contributed by atoms with E-state index >= 15 is 0 Å². The lowest BCUT2D eigenvalue weighted by Crippen LogP contribution is -2.33. The number of thiazole rings is 1. The summed E-state index contributed by atoms with van der Waals surface area (Å²) in [5.41, 5.74) is 1.15. The summed E-state index contributed by atoms with van der Waals surface area (Å²) in [4.78, 5) is 7.68. The molecule has 2 N–H and O–H groups in total. The van der Waals surface area contributed by atoms with Crippen LogP contribution in [0.5, 0.6) is 0 Å². The first-order chi connectivity index (χ1) is 8.69. The van der Waals surface area contributed by atoms with E-state index in [1.165, 1.54) is 0 Å². The lowest BCUT2D eigenvalue weighted by atomic mass is 10.3. The molecular weight excluding hydrogens is 248 g/mol. The summed E-state index contributed by atoms with van der Waals surface area (Å²) in [6.07, 6.45) is 2.04. The number of nitrogens with zero attached hydrogens (tertiary/aromatic N) is 3. The Labute approximate surface area is 111 Å². The Morgan fingerprint density at radius 2 is 2.39 bits per heavy atom. The first kappa shape index (κ1) is 13.3. The molecule has 1 unspecified atom stereocenters. The van der Waals surface area contributed by atoms with Crippen LogP contribution in [0.1, 0.15) is 19.5 Å². The average Bonchev–Trinajstić information content (AvgIpc) is 2.95. The molecule has 2 rings (SSSR count). The van der Waals surface area contributed by atoms with Crippen LogP contribution in [0.15, 0.2) is 11.6 Å². The topological polar surface area (TPSA) is 52.8 Å². The Morgan fingerprint density at radius 3 is 3.06 bits per heavy atom. The number of aliphatic hydroxyl groups is 1. The number of hydrogen-bond donors (Lipinski definition) is 2. The van der Waals surface area contributed by atoms with Gasteiger partial charge < -0.3 is 15.3 Å². The molecule has 0 spiro atoms. The number of imidazole rings is 1. The molecule has 2 aromatic rings. The maximum Gasteiger partial charge on any atom is 0.195 e. The van der Waals surface area contributed by atoms with Crippen molar-refractivity contribution in [2.45, 2.75) is 26.4 Å². The van der Waals surface area contributed by atoms with E-state index in [1.54, 1.807) is 11.3 Å². The Balaban J connectivity index is 2.38. The van der Waals surface area contributed by atoms with Crippen molar-refractivity contribution in [2.24, 2.45) is 0 Å². The van der Waals surface area contributed by atoms with E-state index in [4.69, 9.17) is 0 Å². The highest BCUT2D eigenvalue weighted by Crippen LogP contribution is 2.25. The predicted octanol–water partition coefficient (Wildman–Crippen LogP) is 1.32. The molecule has 2 aromatic heterocycles. The Kier molecular flexibility index (Phi) is 4.21. The van der Waals surface area contributed by atoms with Gasteiger partial charge in [0.1, 0.15) is 0 Å². The fraction of sp³-hybridized carbons (Fsp3) is 0.583. The van der Waals surface area contributed by atoms with Crippen LogP contribution >= 0.6 is 11.3 Å². The zero-order valence-corrected chi connectivity index (χ0v) is 11.9. The molecule has 0 saturated carbocycles. The van der Waals surface area contributed by atoms with Crippen LogP contribution < -0.4 is 10.2 Å². The fourth-order valence-electron chi connectivity index (χ4n) is 1.84. The smallest absolute Gasteiger partial charge is 0.195 e. The third kappa shape index (κ3) is 2.36. The molecule has 0 bridgehead atoms. The summed E-state index contributed by atoms with van der Waals surface area (Å²) in [6, 6.07) is 0.0648. The fourth-order valence-corrected chi connectivity index (χ4v) is 2.57. The van der Waals surface area contributed by atoms with Crippen molar-refractivity contribution in [1.29, 1.82) is 0 Å². The molecule has 100 valence electrons. The first-order valence-electron chi connectivity index (χ1n) is 6.17. The van der Waals surface area contributed by atoms with Crippen molar-refractivity contribution in [3.8, 4) is 0 Å². The second-order valence-corrected chi connectivity index (χ2v) is 5.23. The molecule has 18 heavy (non-hydrogen) atoms. The van der Waals surface area contributed by atoms with Crippen molar-refractivity contribution < 1.29 is 5.11 Å². The van der Waals surface area contributed by atoms with Crippen LogP contribution in [0.2, 0.25) is 0 Å². The summed E-state index contributed by atoms with van der Waals surface area (Å²) < 4.78 is 2.11. The van der Waals surface area contributed by atoms with E-state index in [1.807, 2.05) is 30.4 Å². The van der Waals surface area contributed by atoms with E-state index in [9.17, 15) is 5.11 Å². The SMILES string of the molecule is CCNCc1c(N(C)C(C)CO)nc2sccn12. The van der Waals surface area contributed by atoms with Crippen LogP contribution in [-0.2, 0) is 6.54 Å². The van der Waals surface area contributed by atoms with Crippen LogP contribution in [0.4, 0.5) is 5.82 Å². The van der Waals surface area contributed by atoms with Gasteiger partial charge in [-0.15, -0.1) is 11.3 Å². The number of nitrogens with one attached hydrogen (secondary N) is 1. The maximum absolute atomic E-state index is 9.27. The number of hydrogen-bond acceptors (Lipinski definition) is 5. The highest BCUT2D eigenvalue weighted by molar-refractivity contribution is 7.15. The minimum Gasteiger partial charge on any atom is -0.394 e. The van der Waals surface area contributed by atoms with Gasteiger partial charge in [0.15, 0.2) is 10.8 Å². The predicted molar refractivity (Wildman–Crippen MR) is 75.4 cm³/mol. The second kappa shape index (κ2) is 5.69. The van der Waals surface area contributed by atoms with Crippen molar-refractivity contribution in [2.75, 3.05) is 25.1 Å². The highest BCUT2D eigenvalue weighted by atomic mass is 32.1. The zero-order chi connectivity index (χ0) is 13.1. The van der Waals surface area contributed by atoms with Crippen molar-refractivity contribution in [3.05, 3.63) is 17.3 Å². The molecule has 0 amide bonds. The molecular formula is C12H20N4OS. The molecule has 0 aliphatic rings. The number of anilines is 1. The number of rotatable bonds is 6. The van der Waals surface area contributed by atoms with Gasteiger partial charge in [0.2, 0.25) is 0 Å². The van der Waals surface area contributed by atoms with Crippen LogP contribution in [0.25, 0.3) is 4.96 Å². The Bertz CT molecular complexity index is 507. The number of fused-ring (bicyclic) bond motifs is 1. The minimum atomic E-state index is 0.0648. The molecule has 1 atom stereocenters. The molecule has 2 heterocycles. The quantitative estimate of drug-likeness (QED) is 0.830.